The summed E-state index contributed by atoms with van der Waals surface area (Å²) in [5.74, 6) is -0.362. The van der Waals surface area contributed by atoms with Crippen LogP contribution in [0, 0.1) is 3.57 Å². The summed E-state index contributed by atoms with van der Waals surface area (Å²) >= 11 is 8.17. The van der Waals surface area contributed by atoms with Crippen molar-refractivity contribution in [3.05, 3.63) is 74.4 Å². The normalized spacial score (nSPS) is 10.9. The summed E-state index contributed by atoms with van der Waals surface area (Å²) in [6.07, 6.45) is 3.20. The van der Waals surface area contributed by atoms with Crippen LogP contribution in [0.5, 0.6) is 0 Å². The Balaban J connectivity index is 1.75. The van der Waals surface area contributed by atoms with E-state index in [4.69, 9.17) is 11.6 Å². The number of carbonyl (C=O) groups is 1. The van der Waals surface area contributed by atoms with Gasteiger partial charge < -0.3 is 0 Å². The minimum Gasteiger partial charge on any atom is -0.277 e. The molecule has 24 heavy (non-hydrogen) atoms. The molecule has 0 atom stereocenters. The van der Waals surface area contributed by atoms with E-state index in [1.54, 1.807) is 24.5 Å². The number of halogens is 2. The van der Waals surface area contributed by atoms with Crippen molar-refractivity contribution in [3.8, 4) is 11.3 Å². The molecule has 0 aliphatic heterocycles. The molecule has 3 rings (SSSR count). The molecule has 0 saturated carbocycles. The molecular formula is C17H12ClIN4O. The Bertz CT molecular complexity index is 893. The van der Waals surface area contributed by atoms with Gasteiger partial charge in [0.1, 0.15) is 0 Å². The smallest absolute Gasteiger partial charge is 0.272 e. The van der Waals surface area contributed by atoms with Crippen LogP contribution in [-0.2, 0) is 0 Å². The van der Waals surface area contributed by atoms with Crippen molar-refractivity contribution in [1.29, 1.82) is 0 Å². The largest absolute Gasteiger partial charge is 0.277 e. The highest BCUT2D eigenvalue weighted by Gasteiger charge is 2.10. The second kappa shape index (κ2) is 7.59. The van der Waals surface area contributed by atoms with E-state index in [0.717, 1.165) is 20.4 Å². The van der Waals surface area contributed by atoms with Gasteiger partial charge in [-0.1, -0.05) is 41.9 Å². The fourth-order valence-electron chi connectivity index (χ4n) is 2.12. The first-order chi connectivity index (χ1) is 11.6. The van der Waals surface area contributed by atoms with Crippen LogP contribution in [0.3, 0.4) is 0 Å². The molecule has 0 bridgehead atoms. The Morgan fingerprint density at radius 3 is 2.83 bits per heavy atom. The van der Waals surface area contributed by atoms with Crippen molar-refractivity contribution < 1.29 is 4.79 Å². The molecule has 0 unspecified atom stereocenters. The molecule has 0 aliphatic rings. The lowest BCUT2D eigenvalue weighted by molar-refractivity contribution is 0.0955. The van der Waals surface area contributed by atoms with Gasteiger partial charge in [-0.3, -0.25) is 9.89 Å². The molecule has 7 heteroatoms. The number of rotatable bonds is 4. The molecule has 120 valence electrons. The number of H-pyrrole nitrogens is 1. The summed E-state index contributed by atoms with van der Waals surface area (Å²) in [6.45, 7) is 0. The standard InChI is InChI=1S/C17H12ClIN4O/c18-15-7-6-13(19)8-14(15)17(24)23-21-10-12-9-20-22-16(12)11-4-2-1-3-5-11/h1-10H,(H,20,22)(H,23,24)/b21-10+. The maximum absolute atomic E-state index is 12.2. The first-order valence-corrected chi connectivity index (χ1v) is 8.48. The third-order valence-electron chi connectivity index (χ3n) is 3.27. The fraction of sp³-hybridized carbons (Fsp3) is 0. The van der Waals surface area contributed by atoms with E-state index in [2.05, 4.69) is 43.3 Å². The van der Waals surface area contributed by atoms with Crippen LogP contribution in [0.1, 0.15) is 15.9 Å². The summed E-state index contributed by atoms with van der Waals surface area (Å²) in [7, 11) is 0. The van der Waals surface area contributed by atoms with Gasteiger partial charge in [0.2, 0.25) is 0 Å². The van der Waals surface area contributed by atoms with Gasteiger partial charge in [0.05, 0.1) is 28.7 Å². The topological polar surface area (TPSA) is 70.1 Å². The second-order valence-corrected chi connectivity index (χ2v) is 6.54. The summed E-state index contributed by atoms with van der Waals surface area (Å²) in [6, 6.07) is 15.0. The minimum absolute atomic E-state index is 0.362. The first kappa shape index (κ1) is 16.7. The monoisotopic (exact) mass is 450 g/mol. The lowest BCUT2D eigenvalue weighted by Crippen LogP contribution is -2.18. The van der Waals surface area contributed by atoms with Gasteiger partial charge in [0.15, 0.2) is 0 Å². The maximum atomic E-state index is 12.2. The van der Waals surface area contributed by atoms with Crippen LogP contribution in [-0.4, -0.2) is 22.3 Å². The van der Waals surface area contributed by atoms with Gasteiger partial charge in [0.25, 0.3) is 5.91 Å². The van der Waals surface area contributed by atoms with Crippen LogP contribution in [0.2, 0.25) is 5.02 Å². The number of nitrogens with zero attached hydrogens (tertiary/aromatic N) is 2. The summed E-state index contributed by atoms with van der Waals surface area (Å²) < 4.78 is 0.923. The van der Waals surface area contributed by atoms with E-state index in [0.29, 0.717) is 10.6 Å². The number of benzene rings is 2. The van der Waals surface area contributed by atoms with Crippen molar-refractivity contribution in [3.63, 3.8) is 0 Å². The zero-order valence-corrected chi connectivity index (χ0v) is 15.2. The number of nitrogens with one attached hydrogen (secondary N) is 2. The van der Waals surface area contributed by atoms with Gasteiger partial charge in [-0.25, -0.2) is 5.43 Å². The fourth-order valence-corrected chi connectivity index (χ4v) is 2.82. The van der Waals surface area contributed by atoms with E-state index in [1.165, 1.54) is 0 Å². The molecule has 5 nitrogen and oxygen atoms in total. The molecule has 0 fully saturated rings. The average Bonchev–Trinajstić information content (AvgIpc) is 3.06. The quantitative estimate of drug-likeness (QED) is 0.357. The highest BCUT2D eigenvalue weighted by atomic mass is 127. The average molecular weight is 451 g/mol. The van der Waals surface area contributed by atoms with Crippen LogP contribution < -0.4 is 5.43 Å². The number of hydrazone groups is 1. The predicted octanol–water partition coefficient (Wildman–Crippen LogP) is 4.10. The molecule has 3 aromatic rings. The van der Waals surface area contributed by atoms with E-state index in [9.17, 15) is 4.79 Å². The van der Waals surface area contributed by atoms with Gasteiger partial charge in [0, 0.05) is 14.7 Å². The molecule has 1 aromatic heterocycles. The van der Waals surface area contributed by atoms with Gasteiger partial charge in [-0.2, -0.15) is 10.2 Å². The molecule has 0 saturated heterocycles. The van der Waals surface area contributed by atoms with Crippen molar-refractivity contribution in [2.75, 3.05) is 0 Å². The first-order valence-electron chi connectivity index (χ1n) is 7.02. The zero-order chi connectivity index (χ0) is 16.9. The van der Waals surface area contributed by atoms with E-state index in [-0.39, 0.29) is 5.91 Å². The van der Waals surface area contributed by atoms with Gasteiger partial charge in [-0.05, 0) is 40.8 Å². The van der Waals surface area contributed by atoms with Crippen molar-refractivity contribution in [2.24, 2.45) is 5.10 Å². The highest BCUT2D eigenvalue weighted by Crippen LogP contribution is 2.20. The predicted molar refractivity (Wildman–Crippen MR) is 103 cm³/mol. The number of aromatic amines is 1. The number of aromatic nitrogens is 2. The zero-order valence-electron chi connectivity index (χ0n) is 12.3. The number of hydrogen-bond donors (Lipinski definition) is 2. The number of amides is 1. The molecule has 1 heterocycles. The minimum atomic E-state index is -0.362. The second-order valence-electron chi connectivity index (χ2n) is 4.89. The molecular weight excluding hydrogens is 439 g/mol. The molecule has 0 radical (unpaired) electrons. The Morgan fingerprint density at radius 2 is 2.04 bits per heavy atom. The summed E-state index contributed by atoms with van der Waals surface area (Å²) in [5.41, 5.74) is 5.47. The third kappa shape index (κ3) is 3.82. The number of carbonyl (C=O) groups excluding carboxylic acids is 1. The van der Waals surface area contributed by atoms with Crippen molar-refractivity contribution in [2.45, 2.75) is 0 Å². The highest BCUT2D eigenvalue weighted by molar-refractivity contribution is 14.1. The summed E-state index contributed by atoms with van der Waals surface area (Å²) in [4.78, 5) is 12.2. The molecule has 2 aromatic carbocycles. The molecule has 2 N–H and O–H groups in total. The van der Waals surface area contributed by atoms with Crippen LogP contribution in [0.15, 0.2) is 59.8 Å². The van der Waals surface area contributed by atoms with Crippen LogP contribution >= 0.6 is 34.2 Å². The van der Waals surface area contributed by atoms with E-state index >= 15 is 0 Å². The molecule has 1 amide bonds. The van der Waals surface area contributed by atoms with Crippen LogP contribution in [0.4, 0.5) is 0 Å². The Kier molecular flexibility index (Phi) is 5.27. The van der Waals surface area contributed by atoms with Crippen LogP contribution in [0.25, 0.3) is 11.3 Å². The van der Waals surface area contributed by atoms with E-state index < -0.39 is 0 Å². The van der Waals surface area contributed by atoms with Crippen molar-refractivity contribution in [1.82, 2.24) is 15.6 Å². The SMILES string of the molecule is O=C(N/N=C/c1cn[nH]c1-c1ccccc1)c1cc(I)ccc1Cl. The van der Waals surface area contributed by atoms with Gasteiger partial charge in [-0.15, -0.1) is 0 Å². The number of hydrogen-bond acceptors (Lipinski definition) is 3. The Labute approximate surface area is 157 Å². The lowest BCUT2D eigenvalue weighted by Gasteiger charge is -2.03. The van der Waals surface area contributed by atoms with Gasteiger partial charge >= 0.3 is 0 Å². The molecule has 0 aliphatic carbocycles. The Morgan fingerprint density at radius 1 is 1.25 bits per heavy atom. The van der Waals surface area contributed by atoms with E-state index in [1.807, 2.05) is 36.4 Å². The molecule has 0 spiro atoms. The Hall–Kier alpha value is -2.19. The maximum Gasteiger partial charge on any atom is 0.272 e. The lowest BCUT2D eigenvalue weighted by atomic mass is 10.1. The third-order valence-corrected chi connectivity index (χ3v) is 4.27. The van der Waals surface area contributed by atoms with Crippen molar-refractivity contribution >= 4 is 46.3 Å². The summed E-state index contributed by atoms with van der Waals surface area (Å²) in [5, 5.41) is 11.3.